The second kappa shape index (κ2) is 4.74. The standard InChI is InChI=1S/C16H14F2O/c17-14-6-3-7-15(18)13(14)9-16(19)12-8-10-4-1-2-5-11(10)12/h1-7,12,16,19H,8-9H2. The van der Waals surface area contributed by atoms with Crippen molar-refractivity contribution in [3.8, 4) is 0 Å². The molecule has 0 amide bonds. The third kappa shape index (κ3) is 2.15. The first-order valence-electron chi connectivity index (χ1n) is 6.35. The molecule has 98 valence electrons. The highest BCUT2D eigenvalue weighted by molar-refractivity contribution is 5.41. The van der Waals surface area contributed by atoms with E-state index < -0.39 is 17.7 Å². The molecule has 3 rings (SSSR count). The molecule has 2 aromatic rings. The lowest BCUT2D eigenvalue weighted by Gasteiger charge is -2.34. The van der Waals surface area contributed by atoms with Gasteiger partial charge in [0.2, 0.25) is 0 Å². The summed E-state index contributed by atoms with van der Waals surface area (Å²) in [7, 11) is 0. The fourth-order valence-corrected chi connectivity index (χ4v) is 2.72. The van der Waals surface area contributed by atoms with Crippen LogP contribution in [0.1, 0.15) is 22.6 Å². The number of fused-ring (bicyclic) bond motifs is 1. The zero-order valence-electron chi connectivity index (χ0n) is 10.3. The Morgan fingerprint density at radius 2 is 1.74 bits per heavy atom. The van der Waals surface area contributed by atoms with Crippen LogP contribution in [0.3, 0.4) is 0 Å². The summed E-state index contributed by atoms with van der Waals surface area (Å²) in [5.41, 5.74) is 2.27. The lowest BCUT2D eigenvalue weighted by atomic mass is 9.73. The molecule has 0 aliphatic heterocycles. The molecule has 0 fully saturated rings. The predicted octanol–water partition coefficient (Wildman–Crippen LogP) is 3.21. The van der Waals surface area contributed by atoms with Gasteiger partial charge >= 0.3 is 0 Å². The molecule has 0 bridgehead atoms. The first kappa shape index (κ1) is 12.3. The minimum Gasteiger partial charge on any atom is -0.392 e. The molecule has 0 spiro atoms. The van der Waals surface area contributed by atoms with Gasteiger partial charge in [-0.15, -0.1) is 0 Å². The normalized spacial score (nSPS) is 18.6. The van der Waals surface area contributed by atoms with Crippen molar-refractivity contribution < 1.29 is 13.9 Å². The SMILES string of the molecule is OC(Cc1c(F)cccc1F)C1Cc2ccccc21. The number of halogens is 2. The topological polar surface area (TPSA) is 20.2 Å². The maximum atomic E-state index is 13.5. The van der Waals surface area contributed by atoms with Gasteiger partial charge in [0.05, 0.1) is 6.10 Å². The zero-order chi connectivity index (χ0) is 13.4. The second-order valence-electron chi connectivity index (χ2n) is 4.98. The highest BCUT2D eigenvalue weighted by Gasteiger charge is 2.32. The molecule has 0 radical (unpaired) electrons. The summed E-state index contributed by atoms with van der Waals surface area (Å²) in [6.45, 7) is 0. The van der Waals surface area contributed by atoms with Crippen LogP contribution < -0.4 is 0 Å². The summed E-state index contributed by atoms with van der Waals surface area (Å²) in [5, 5.41) is 10.2. The fraction of sp³-hybridized carbons (Fsp3) is 0.250. The van der Waals surface area contributed by atoms with Gasteiger partial charge in [0.25, 0.3) is 0 Å². The first-order chi connectivity index (χ1) is 9.16. The van der Waals surface area contributed by atoms with Gasteiger partial charge in [-0.1, -0.05) is 30.3 Å². The molecule has 2 unspecified atom stereocenters. The summed E-state index contributed by atoms with van der Waals surface area (Å²) in [5.74, 6) is -1.20. The van der Waals surface area contributed by atoms with E-state index in [0.717, 1.165) is 12.0 Å². The number of hydrogen-bond acceptors (Lipinski definition) is 1. The maximum Gasteiger partial charge on any atom is 0.129 e. The van der Waals surface area contributed by atoms with Crippen LogP contribution >= 0.6 is 0 Å². The molecule has 3 heteroatoms. The van der Waals surface area contributed by atoms with Crippen LogP contribution in [0.25, 0.3) is 0 Å². The quantitative estimate of drug-likeness (QED) is 0.898. The van der Waals surface area contributed by atoms with Gasteiger partial charge in [-0.3, -0.25) is 0 Å². The Labute approximate surface area is 110 Å². The van der Waals surface area contributed by atoms with E-state index in [0.29, 0.717) is 0 Å². The zero-order valence-corrected chi connectivity index (χ0v) is 10.3. The second-order valence-corrected chi connectivity index (χ2v) is 4.98. The first-order valence-corrected chi connectivity index (χ1v) is 6.35. The Kier molecular flexibility index (Phi) is 3.07. The van der Waals surface area contributed by atoms with Crippen molar-refractivity contribution in [3.05, 3.63) is 70.8 Å². The molecule has 2 aromatic carbocycles. The summed E-state index contributed by atoms with van der Waals surface area (Å²) < 4.78 is 27.1. The van der Waals surface area contributed by atoms with Crippen LogP contribution in [0.15, 0.2) is 42.5 Å². The van der Waals surface area contributed by atoms with Gasteiger partial charge in [0.1, 0.15) is 11.6 Å². The van der Waals surface area contributed by atoms with Crippen molar-refractivity contribution in [2.75, 3.05) is 0 Å². The van der Waals surface area contributed by atoms with E-state index >= 15 is 0 Å². The van der Waals surface area contributed by atoms with E-state index in [1.54, 1.807) is 0 Å². The number of aliphatic hydroxyl groups is 1. The Bertz CT molecular complexity index is 589. The minimum atomic E-state index is -0.749. The van der Waals surface area contributed by atoms with Crippen LogP contribution in [-0.4, -0.2) is 11.2 Å². The lowest BCUT2D eigenvalue weighted by molar-refractivity contribution is 0.131. The van der Waals surface area contributed by atoms with Crippen LogP contribution in [0.4, 0.5) is 8.78 Å². The monoisotopic (exact) mass is 260 g/mol. The molecule has 1 nitrogen and oxygen atoms in total. The van der Waals surface area contributed by atoms with Crippen LogP contribution in [0, 0.1) is 11.6 Å². The average Bonchev–Trinajstić information content (AvgIpc) is 2.35. The molecule has 1 N–H and O–H groups in total. The van der Waals surface area contributed by atoms with Crippen LogP contribution in [0.5, 0.6) is 0 Å². The van der Waals surface area contributed by atoms with E-state index in [4.69, 9.17) is 0 Å². The van der Waals surface area contributed by atoms with Crippen LogP contribution in [-0.2, 0) is 12.8 Å². The van der Waals surface area contributed by atoms with E-state index in [-0.39, 0.29) is 17.9 Å². The summed E-state index contributed by atoms with van der Waals surface area (Å²) in [6, 6.07) is 11.6. The summed E-state index contributed by atoms with van der Waals surface area (Å²) in [4.78, 5) is 0. The van der Waals surface area contributed by atoms with Gasteiger partial charge in [-0.2, -0.15) is 0 Å². The molecule has 1 aliphatic rings. The Hall–Kier alpha value is -1.74. The van der Waals surface area contributed by atoms with E-state index in [1.165, 1.54) is 23.8 Å². The molecule has 2 atom stereocenters. The molecular weight excluding hydrogens is 246 g/mol. The van der Waals surface area contributed by atoms with Gasteiger partial charge in [-0.05, 0) is 29.7 Å². The molecule has 0 aromatic heterocycles. The third-order valence-corrected chi connectivity index (χ3v) is 3.83. The predicted molar refractivity (Wildman–Crippen MR) is 69.0 cm³/mol. The molecule has 0 heterocycles. The van der Waals surface area contributed by atoms with Crippen LogP contribution in [0.2, 0.25) is 0 Å². The highest BCUT2D eigenvalue weighted by Crippen LogP contribution is 2.38. The summed E-state index contributed by atoms with van der Waals surface area (Å²) in [6.07, 6.45) is 0.0339. The fourth-order valence-electron chi connectivity index (χ4n) is 2.72. The number of aliphatic hydroxyl groups excluding tert-OH is 1. The lowest BCUT2D eigenvalue weighted by Crippen LogP contribution is -2.31. The number of benzene rings is 2. The van der Waals surface area contributed by atoms with Gasteiger partial charge < -0.3 is 5.11 Å². The molecule has 19 heavy (non-hydrogen) atoms. The van der Waals surface area contributed by atoms with Gasteiger partial charge in [0.15, 0.2) is 0 Å². The molecule has 1 aliphatic carbocycles. The average molecular weight is 260 g/mol. The Morgan fingerprint density at radius 1 is 1.05 bits per heavy atom. The Morgan fingerprint density at radius 3 is 2.42 bits per heavy atom. The smallest absolute Gasteiger partial charge is 0.129 e. The van der Waals surface area contributed by atoms with Crippen molar-refractivity contribution >= 4 is 0 Å². The van der Waals surface area contributed by atoms with Gasteiger partial charge in [-0.25, -0.2) is 8.78 Å². The number of rotatable bonds is 3. The third-order valence-electron chi connectivity index (χ3n) is 3.83. The summed E-state index contributed by atoms with van der Waals surface area (Å²) >= 11 is 0. The molecule has 0 saturated heterocycles. The van der Waals surface area contributed by atoms with E-state index in [1.807, 2.05) is 24.3 Å². The van der Waals surface area contributed by atoms with Crippen molar-refractivity contribution in [2.45, 2.75) is 24.9 Å². The highest BCUT2D eigenvalue weighted by atomic mass is 19.1. The molecule has 0 saturated carbocycles. The van der Waals surface area contributed by atoms with Crippen molar-refractivity contribution in [1.82, 2.24) is 0 Å². The minimum absolute atomic E-state index is 0.0114. The van der Waals surface area contributed by atoms with E-state index in [9.17, 15) is 13.9 Å². The van der Waals surface area contributed by atoms with Gasteiger partial charge in [0, 0.05) is 17.9 Å². The maximum absolute atomic E-state index is 13.5. The van der Waals surface area contributed by atoms with E-state index in [2.05, 4.69) is 0 Å². The Balaban J connectivity index is 1.79. The number of hydrogen-bond donors (Lipinski definition) is 1. The van der Waals surface area contributed by atoms with Crippen molar-refractivity contribution in [3.63, 3.8) is 0 Å². The molecular formula is C16H14F2O. The van der Waals surface area contributed by atoms with Crippen molar-refractivity contribution in [1.29, 1.82) is 0 Å². The van der Waals surface area contributed by atoms with Crippen molar-refractivity contribution in [2.24, 2.45) is 0 Å². The largest absolute Gasteiger partial charge is 0.392 e.